The molecule has 0 fully saturated rings. The molecule has 10 heavy (non-hydrogen) atoms. The lowest BCUT2D eigenvalue weighted by Gasteiger charge is -2.06. The minimum atomic E-state index is 0.113. The molecule has 0 amide bonds. The van der Waals surface area contributed by atoms with Crippen molar-refractivity contribution in [2.75, 3.05) is 6.54 Å². The van der Waals surface area contributed by atoms with Crippen molar-refractivity contribution in [1.82, 2.24) is 5.32 Å². The summed E-state index contributed by atoms with van der Waals surface area (Å²) < 4.78 is 0. The van der Waals surface area contributed by atoms with Gasteiger partial charge in [-0.15, -0.1) is 0 Å². The minimum Gasteiger partial charge on any atom is -0.383 e. The van der Waals surface area contributed by atoms with E-state index in [1.807, 2.05) is 20.8 Å². The number of allylic oxidation sites excluding steroid dienone is 2. The zero-order valence-electron chi connectivity index (χ0n) is 7.12. The molecule has 2 nitrogen and oxygen atoms in total. The third-order valence-electron chi connectivity index (χ3n) is 1.21. The van der Waals surface area contributed by atoms with E-state index in [-0.39, 0.29) is 5.78 Å². The summed E-state index contributed by atoms with van der Waals surface area (Å²) in [6.45, 7) is 8.22. The maximum Gasteiger partial charge on any atom is 0.175 e. The number of ketones is 1. The molecule has 2 heteroatoms. The Morgan fingerprint density at radius 2 is 1.80 bits per heavy atom. The van der Waals surface area contributed by atoms with Crippen LogP contribution in [-0.4, -0.2) is 12.3 Å². The van der Waals surface area contributed by atoms with Crippen LogP contribution >= 0.6 is 0 Å². The predicted molar refractivity (Wildman–Crippen MR) is 42.7 cm³/mol. The van der Waals surface area contributed by atoms with Gasteiger partial charge in [-0.2, -0.15) is 0 Å². The number of rotatable bonds is 3. The molecule has 0 aromatic carbocycles. The number of nitrogens with one attached hydrogen (secondary N) is 1. The summed E-state index contributed by atoms with van der Waals surface area (Å²) >= 11 is 0. The SMILES string of the molecule is CCNC(C(C)=O)=C(C)C. The van der Waals surface area contributed by atoms with Crippen molar-refractivity contribution in [1.29, 1.82) is 0 Å². The van der Waals surface area contributed by atoms with E-state index in [1.165, 1.54) is 0 Å². The lowest BCUT2D eigenvalue weighted by atomic mass is 10.2. The molecule has 0 aliphatic carbocycles. The fourth-order valence-corrected chi connectivity index (χ4v) is 0.830. The molecule has 0 radical (unpaired) electrons. The van der Waals surface area contributed by atoms with Crippen molar-refractivity contribution in [3.8, 4) is 0 Å². The van der Waals surface area contributed by atoms with E-state index in [4.69, 9.17) is 0 Å². The molecular formula is C8H15NO. The second-order valence-electron chi connectivity index (χ2n) is 2.46. The summed E-state index contributed by atoms with van der Waals surface area (Å²) in [6.07, 6.45) is 0. The normalized spacial score (nSPS) is 8.80. The molecule has 0 aromatic heterocycles. The van der Waals surface area contributed by atoms with Crippen molar-refractivity contribution in [3.63, 3.8) is 0 Å². The van der Waals surface area contributed by atoms with Gasteiger partial charge in [0.15, 0.2) is 5.78 Å². The van der Waals surface area contributed by atoms with Gasteiger partial charge in [0.2, 0.25) is 0 Å². The molecule has 0 unspecified atom stereocenters. The van der Waals surface area contributed by atoms with Crippen LogP contribution in [-0.2, 0) is 4.79 Å². The van der Waals surface area contributed by atoms with Crippen molar-refractivity contribution in [2.24, 2.45) is 0 Å². The van der Waals surface area contributed by atoms with E-state index < -0.39 is 0 Å². The summed E-state index contributed by atoms with van der Waals surface area (Å²) in [7, 11) is 0. The van der Waals surface area contributed by atoms with E-state index in [0.29, 0.717) is 0 Å². The van der Waals surface area contributed by atoms with Gasteiger partial charge in [-0.3, -0.25) is 4.79 Å². The van der Waals surface area contributed by atoms with E-state index in [0.717, 1.165) is 17.8 Å². The Labute approximate surface area is 62.3 Å². The molecular weight excluding hydrogens is 126 g/mol. The fraction of sp³-hybridized carbons (Fsp3) is 0.625. The summed E-state index contributed by atoms with van der Waals surface area (Å²) in [5.41, 5.74) is 1.80. The zero-order chi connectivity index (χ0) is 8.15. The zero-order valence-corrected chi connectivity index (χ0v) is 7.12. The Bertz CT molecular complexity index is 155. The molecule has 0 aliphatic heterocycles. The first-order valence-corrected chi connectivity index (χ1v) is 3.51. The number of carbonyl (C=O) groups is 1. The van der Waals surface area contributed by atoms with Gasteiger partial charge in [0.25, 0.3) is 0 Å². The molecule has 0 aliphatic rings. The predicted octanol–water partition coefficient (Wildman–Crippen LogP) is 1.48. The van der Waals surface area contributed by atoms with Gasteiger partial charge in [0, 0.05) is 13.5 Å². The first-order chi connectivity index (χ1) is 4.59. The van der Waals surface area contributed by atoms with Gasteiger partial charge < -0.3 is 5.32 Å². The highest BCUT2D eigenvalue weighted by Gasteiger charge is 2.01. The van der Waals surface area contributed by atoms with Crippen LogP contribution < -0.4 is 5.32 Å². The lowest BCUT2D eigenvalue weighted by molar-refractivity contribution is -0.114. The third-order valence-corrected chi connectivity index (χ3v) is 1.21. The summed E-state index contributed by atoms with van der Waals surface area (Å²) in [5, 5.41) is 3.01. The van der Waals surface area contributed by atoms with E-state index in [9.17, 15) is 4.79 Å². The highest BCUT2D eigenvalue weighted by Crippen LogP contribution is 1.99. The van der Waals surface area contributed by atoms with Crippen LogP contribution in [0.4, 0.5) is 0 Å². The van der Waals surface area contributed by atoms with Gasteiger partial charge in [-0.05, 0) is 26.3 Å². The fourth-order valence-electron chi connectivity index (χ4n) is 0.830. The number of hydrogen-bond donors (Lipinski definition) is 1. The average Bonchev–Trinajstić information content (AvgIpc) is 1.81. The monoisotopic (exact) mass is 141 g/mol. The Hall–Kier alpha value is -0.790. The van der Waals surface area contributed by atoms with Gasteiger partial charge in [0.05, 0.1) is 5.70 Å². The topological polar surface area (TPSA) is 29.1 Å². The largest absolute Gasteiger partial charge is 0.383 e. The Balaban J connectivity index is 4.28. The van der Waals surface area contributed by atoms with E-state index >= 15 is 0 Å². The highest BCUT2D eigenvalue weighted by atomic mass is 16.1. The van der Waals surface area contributed by atoms with Crippen LogP contribution in [0.2, 0.25) is 0 Å². The smallest absolute Gasteiger partial charge is 0.175 e. The number of Topliss-reactive ketones (excluding diaryl/α,β-unsaturated/α-hetero) is 1. The maximum atomic E-state index is 10.9. The molecule has 0 saturated carbocycles. The van der Waals surface area contributed by atoms with E-state index in [2.05, 4.69) is 5.32 Å². The highest BCUT2D eigenvalue weighted by molar-refractivity contribution is 5.93. The van der Waals surface area contributed by atoms with Crippen LogP contribution in [0.25, 0.3) is 0 Å². The number of carbonyl (C=O) groups excluding carboxylic acids is 1. The molecule has 0 saturated heterocycles. The second kappa shape index (κ2) is 4.09. The summed E-state index contributed by atoms with van der Waals surface area (Å²) in [4.78, 5) is 10.9. The van der Waals surface area contributed by atoms with Crippen molar-refractivity contribution < 1.29 is 4.79 Å². The first kappa shape index (κ1) is 9.21. The number of likely N-dealkylation sites (N-methyl/N-ethyl adjacent to an activating group) is 1. The molecule has 0 bridgehead atoms. The van der Waals surface area contributed by atoms with Crippen LogP contribution in [0.1, 0.15) is 27.7 Å². The van der Waals surface area contributed by atoms with Crippen molar-refractivity contribution >= 4 is 5.78 Å². The van der Waals surface area contributed by atoms with Gasteiger partial charge in [0.1, 0.15) is 0 Å². The third kappa shape index (κ3) is 2.67. The Kier molecular flexibility index (Phi) is 3.77. The molecule has 0 atom stereocenters. The maximum absolute atomic E-state index is 10.9. The molecule has 0 rings (SSSR count). The van der Waals surface area contributed by atoms with Gasteiger partial charge in [-0.1, -0.05) is 0 Å². The molecule has 0 aromatic rings. The van der Waals surface area contributed by atoms with Gasteiger partial charge in [-0.25, -0.2) is 0 Å². The summed E-state index contributed by atoms with van der Waals surface area (Å²) in [6, 6.07) is 0. The molecule has 58 valence electrons. The molecule has 1 N–H and O–H groups in total. The first-order valence-electron chi connectivity index (χ1n) is 3.51. The van der Waals surface area contributed by atoms with Gasteiger partial charge >= 0.3 is 0 Å². The standard InChI is InChI=1S/C8H15NO/c1-5-9-8(6(2)3)7(4)10/h9H,5H2,1-4H3. The minimum absolute atomic E-state index is 0.113. The second-order valence-corrected chi connectivity index (χ2v) is 2.46. The molecule has 0 heterocycles. The number of hydrogen-bond acceptors (Lipinski definition) is 2. The molecule has 0 spiro atoms. The van der Waals surface area contributed by atoms with Crippen LogP contribution in [0.15, 0.2) is 11.3 Å². The van der Waals surface area contributed by atoms with Crippen LogP contribution in [0.5, 0.6) is 0 Å². The Morgan fingerprint density at radius 3 is 1.90 bits per heavy atom. The van der Waals surface area contributed by atoms with E-state index in [1.54, 1.807) is 6.92 Å². The van der Waals surface area contributed by atoms with Crippen molar-refractivity contribution in [2.45, 2.75) is 27.7 Å². The van der Waals surface area contributed by atoms with Crippen molar-refractivity contribution in [3.05, 3.63) is 11.3 Å². The van der Waals surface area contributed by atoms with Crippen LogP contribution in [0.3, 0.4) is 0 Å². The average molecular weight is 141 g/mol. The van der Waals surface area contributed by atoms with Crippen LogP contribution in [0, 0.1) is 0 Å². The lowest BCUT2D eigenvalue weighted by Crippen LogP contribution is -2.19. The quantitative estimate of drug-likeness (QED) is 0.603. The summed E-state index contributed by atoms with van der Waals surface area (Å²) in [5.74, 6) is 0.113. The Morgan fingerprint density at radius 1 is 1.30 bits per heavy atom.